The molecule has 5 rings (SSSR count). The number of fused-ring (bicyclic) bond motifs is 4. The first-order chi connectivity index (χ1) is 17.6. The molecule has 2 aliphatic heterocycles. The number of terminal acetylenes is 1. The predicted octanol–water partition coefficient (Wildman–Crippen LogP) is 3.20. The van der Waals surface area contributed by atoms with Gasteiger partial charge >= 0.3 is 12.6 Å². The minimum Gasteiger partial charge on any atom is -0.435 e. The average Bonchev–Trinajstić information content (AvgIpc) is 3.28. The van der Waals surface area contributed by atoms with Gasteiger partial charge in [0.15, 0.2) is 0 Å². The molecule has 2 N–H and O–H groups in total. The molecule has 1 aromatic carbocycles. The lowest BCUT2D eigenvalue weighted by Gasteiger charge is -2.43. The molecule has 0 bridgehead atoms. The van der Waals surface area contributed by atoms with E-state index in [1.807, 2.05) is 24.1 Å². The number of carbonyl (C=O) groups excluding carboxylic acids is 2. The van der Waals surface area contributed by atoms with E-state index >= 15 is 0 Å². The van der Waals surface area contributed by atoms with Crippen LogP contribution in [0.3, 0.4) is 0 Å². The third-order valence-electron chi connectivity index (χ3n) is 7.32. The topological polar surface area (TPSA) is 89.1 Å². The Hall–Kier alpha value is -3.68. The van der Waals surface area contributed by atoms with E-state index in [9.17, 15) is 23.5 Å². The molecule has 3 amide bonds. The van der Waals surface area contributed by atoms with Crippen molar-refractivity contribution in [1.82, 2.24) is 19.7 Å². The molecule has 0 saturated carbocycles. The lowest BCUT2D eigenvalue weighted by molar-refractivity contribution is -0.133. The summed E-state index contributed by atoms with van der Waals surface area (Å²) in [5.74, 6) is 2.22. The number of nitrogens with zero attached hydrogens (tertiary/aromatic N) is 3. The Kier molecular flexibility index (Phi) is 6.30. The molecule has 1 unspecified atom stereocenters. The van der Waals surface area contributed by atoms with Gasteiger partial charge in [-0.05, 0) is 49.7 Å². The molecule has 3 heterocycles. The van der Waals surface area contributed by atoms with Crippen LogP contribution >= 0.6 is 0 Å². The maximum atomic E-state index is 13.8. The van der Waals surface area contributed by atoms with E-state index in [1.54, 1.807) is 24.0 Å². The van der Waals surface area contributed by atoms with Crippen LogP contribution < -0.4 is 4.74 Å². The fourth-order valence-electron chi connectivity index (χ4n) is 5.59. The molecule has 0 radical (unpaired) electrons. The number of aromatic amines is 1. The van der Waals surface area contributed by atoms with Crippen molar-refractivity contribution in [2.24, 2.45) is 0 Å². The van der Waals surface area contributed by atoms with Crippen molar-refractivity contribution in [3.8, 4) is 18.1 Å². The van der Waals surface area contributed by atoms with Gasteiger partial charge in [0.05, 0.1) is 12.6 Å². The number of ether oxygens (including phenoxy) is 1. The Labute approximate surface area is 213 Å². The highest BCUT2D eigenvalue weighted by molar-refractivity contribution is 6.08. The van der Waals surface area contributed by atoms with E-state index in [0.717, 1.165) is 5.56 Å². The summed E-state index contributed by atoms with van der Waals surface area (Å²) in [6.45, 7) is -0.263. The Morgan fingerprint density at radius 2 is 2.16 bits per heavy atom. The van der Waals surface area contributed by atoms with Gasteiger partial charge in [-0.3, -0.25) is 19.5 Å². The smallest absolute Gasteiger partial charge is 0.387 e. The minimum absolute atomic E-state index is 0.00707. The van der Waals surface area contributed by atoms with Crippen LogP contribution in [0, 0.1) is 12.3 Å². The van der Waals surface area contributed by atoms with Gasteiger partial charge in [-0.25, -0.2) is 4.79 Å². The van der Waals surface area contributed by atoms with Crippen LogP contribution in [0.15, 0.2) is 42.0 Å². The number of H-pyrrole nitrogens is 1. The van der Waals surface area contributed by atoms with Crippen molar-refractivity contribution in [1.29, 1.82) is 0 Å². The number of carbonyl (C=O) groups is 2. The normalized spacial score (nSPS) is 25.1. The third-order valence-corrected chi connectivity index (χ3v) is 7.32. The zero-order valence-electron chi connectivity index (χ0n) is 20.6. The molecule has 1 aromatic heterocycles. The molecule has 194 valence electrons. The highest BCUT2D eigenvalue weighted by atomic mass is 19.3. The average molecular weight is 511 g/mol. The van der Waals surface area contributed by atoms with E-state index in [0.29, 0.717) is 41.7 Å². The molecular weight excluding hydrogens is 482 g/mol. The zero-order valence-corrected chi connectivity index (χ0v) is 20.6. The number of nitrogens with one attached hydrogen (secondary N) is 1. The highest BCUT2D eigenvalue weighted by Gasteiger charge is 2.60. The Morgan fingerprint density at radius 3 is 2.86 bits per heavy atom. The standard InChI is InChI=1S/C27H28F2N4O4/c1-4-10-31(3)11-12-32-24(35)27(2)15-20-19-14-18(37-25(28)29)8-9-21(19)30-22(20)23(33(27)26(32)36)16-6-5-7-17(34)13-16/h1,5-6,8-9,13-14,17,23,25,30,34H,7,10-12,15H2,2-3H3/t17?,23-,27+/m1/s1. The molecule has 10 heteroatoms. The van der Waals surface area contributed by atoms with E-state index in [-0.39, 0.29) is 24.6 Å². The molecule has 3 atom stereocenters. The number of benzene rings is 1. The summed E-state index contributed by atoms with van der Waals surface area (Å²) >= 11 is 0. The van der Waals surface area contributed by atoms with Crippen LogP contribution in [0.2, 0.25) is 0 Å². The number of imide groups is 1. The van der Waals surface area contributed by atoms with Crippen LogP contribution in [0.5, 0.6) is 5.75 Å². The van der Waals surface area contributed by atoms with E-state index < -0.39 is 30.3 Å². The summed E-state index contributed by atoms with van der Waals surface area (Å²) in [6.07, 6.45) is 10.7. The summed E-state index contributed by atoms with van der Waals surface area (Å²) in [5, 5.41) is 11.0. The molecule has 37 heavy (non-hydrogen) atoms. The monoisotopic (exact) mass is 510 g/mol. The van der Waals surface area contributed by atoms with Crippen molar-refractivity contribution in [3.63, 3.8) is 0 Å². The number of amides is 3. The molecule has 8 nitrogen and oxygen atoms in total. The first-order valence-corrected chi connectivity index (χ1v) is 12.1. The number of hydrogen-bond donors (Lipinski definition) is 2. The van der Waals surface area contributed by atoms with Crippen molar-refractivity contribution < 1.29 is 28.2 Å². The van der Waals surface area contributed by atoms with E-state index in [1.165, 1.54) is 17.0 Å². The SMILES string of the molecule is C#CCN(C)CCN1C(=O)N2[C@H](C3=CC(O)CC=C3)c3[nH]c4ccc(OC(F)F)cc4c3C[C@@]2(C)C1=O. The van der Waals surface area contributed by atoms with Gasteiger partial charge in [0.1, 0.15) is 17.3 Å². The fourth-order valence-corrected chi connectivity index (χ4v) is 5.59. The van der Waals surface area contributed by atoms with Crippen LogP contribution in [0.25, 0.3) is 10.9 Å². The largest absolute Gasteiger partial charge is 0.435 e. The third kappa shape index (κ3) is 4.18. The second kappa shape index (κ2) is 9.32. The number of alkyl halides is 2. The van der Waals surface area contributed by atoms with Crippen LogP contribution in [-0.4, -0.2) is 81.7 Å². The summed E-state index contributed by atoms with van der Waals surface area (Å²) < 4.78 is 30.4. The second-order valence-electron chi connectivity index (χ2n) is 9.88. The van der Waals surface area contributed by atoms with Gasteiger partial charge < -0.3 is 14.8 Å². The number of hydrogen-bond acceptors (Lipinski definition) is 5. The lowest BCUT2D eigenvalue weighted by Crippen LogP contribution is -2.53. The van der Waals surface area contributed by atoms with Crippen LogP contribution in [-0.2, 0) is 11.2 Å². The number of urea groups is 1. The van der Waals surface area contributed by atoms with Gasteiger partial charge in [-0.2, -0.15) is 8.78 Å². The summed E-state index contributed by atoms with van der Waals surface area (Å²) in [5.41, 5.74) is 1.56. The summed E-state index contributed by atoms with van der Waals surface area (Å²) in [7, 11) is 1.82. The molecule has 1 aliphatic carbocycles. The maximum absolute atomic E-state index is 13.8. The molecule has 1 saturated heterocycles. The summed E-state index contributed by atoms with van der Waals surface area (Å²) in [6, 6.07) is 3.51. The first kappa shape index (κ1) is 25.0. The Balaban J connectivity index is 1.62. The number of aliphatic hydroxyl groups is 1. The van der Waals surface area contributed by atoms with Crippen molar-refractivity contribution >= 4 is 22.8 Å². The van der Waals surface area contributed by atoms with Crippen LogP contribution in [0.4, 0.5) is 13.6 Å². The van der Waals surface area contributed by atoms with Gasteiger partial charge in [0, 0.05) is 36.1 Å². The molecule has 1 fully saturated rings. The Bertz CT molecular complexity index is 1360. The van der Waals surface area contributed by atoms with Gasteiger partial charge in [0.25, 0.3) is 5.91 Å². The highest BCUT2D eigenvalue weighted by Crippen LogP contribution is 2.49. The van der Waals surface area contributed by atoms with E-state index in [4.69, 9.17) is 6.42 Å². The Morgan fingerprint density at radius 1 is 1.38 bits per heavy atom. The molecule has 0 spiro atoms. The fraction of sp³-hybridized carbons (Fsp3) is 0.407. The predicted molar refractivity (Wildman–Crippen MR) is 133 cm³/mol. The number of likely N-dealkylation sites (N-methyl/N-ethyl adjacent to an activating group) is 1. The second-order valence-corrected chi connectivity index (χ2v) is 9.88. The van der Waals surface area contributed by atoms with Crippen LogP contribution in [0.1, 0.15) is 30.6 Å². The first-order valence-electron chi connectivity index (χ1n) is 12.1. The molecule has 3 aliphatic rings. The quantitative estimate of drug-likeness (QED) is 0.441. The zero-order chi connectivity index (χ0) is 26.5. The summed E-state index contributed by atoms with van der Waals surface area (Å²) in [4.78, 5) is 35.6. The molecular formula is C27H28F2N4O4. The number of aromatic nitrogens is 1. The van der Waals surface area contributed by atoms with Crippen molar-refractivity contribution in [2.45, 2.75) is 44.1 Å². The number of aliphatic hydroxyl groups excluding tert-OH is 1. The maximum Gasteiger partial charge on any atom is 0.387 e. The number of rotatable bonds is 7. The van der Waals surface area contributed by atoms with Gasteiger partial charge in [-0.1, -0.05) is 24.1 Å². The van der Waals surface area contributed by atoms with Gasteiger partial charge in [0.2, 0.25) is 0 Å². The minimum atomic E-state index is -2.97. The van der Waals surface area contributed by atoms with E-state index in [2.05, 4.69) is 15.6 Å². The lowest BCUT2D eigenvalue weighted by atomic mass is 9.80. The number of halogens is 2. The van der Waals surface area contributed by atoms with Crippen molar-refractivity contribution in [2.75, 3.05) is 26.7 Å². The van der Waals surface area contributed by atoms with Gasteiger partial charge in [-0.15, -0.1) is 6.42 Å². The van der Waals surface area contributed by atoms with Crippen molar-refractivity contribution in [3.05, 3.63) is 53.3 Å². The molecule has 2 aromatic rings.